The minimum absolute atomic E-state index is 0.00277. The zero-order valence-electron chi connectivity index (χ0n) is 24.2. The minimum atomic E-state index is -0.571. The molecular formula is C33H40N2O6S. The lowest BCUT2D eigenvalue weighted by molar-refractivity contribution is -0.245. The third-order valence-electron chi connectivity index (χ3n) is 7.03. The Morgan fingerprint density at radius 3 is 2.40 bits per heavy atom. The molecule has 1 heterocycles. The van der Waals surface area contributed by atoms with Crippen molar-refractivity contribution in [2.45, 2.75) is 69.0 Å². The molecule has 4 rings (SSSR count). The predicted molar refractivity (Wildman–Crippen MR) is 164 cm³/mol. The van der Waals surface area contributed by atoms with Crippen molar-refractivity contribution < 1.29 is 28.9 Å². The van der Waals surface area contributed by atoms with Gasteiger partial charge in [0.25, 0.3) is 0 Å². The van der Waals surface area contributed by atoms with Gasteiger partial charge in [0.15, 0.2) is 6.29 Å². The molecule has 0 aromatic heterocycles. The van der Waals surface area contributed by atoms with Gasteiger partial charge in [-0.2, -0.15) is 0 Å². The molecule has 3 atom stereocenters. The maximum Gasteiger partial charge on any atom is 0.224 e. The number of amides is 2. The smallest absolute Gasteiger partial charge is 0.224 e. The van der Waals surface area contributed by atoms with Gasteiger partial charge in [-0.05, 0) is 48.2 Å². The van der Waals surface area contributed by atoms with E-state index >= 15 is 0 Å². The summed E-state index contributed by atoms with van der Waals surface area (Å²) < 4.78 is 18.4. The Morgan fingerprint density at radius 2 is 1.69 bits per heavy atom. The molecule has 0 saturated carbocycles. The number of aliphatic hydroxyl groups is 1. The van der Waals surface area contributed by atoms with Crippen LogP contribution in [0, 0.1) is 0 Å². The highest BCUT2D eigenvalue weighted by Gasteiger charge is 2.32. The van der Waals surface area contributed by atoms with Crippen molar-refractivity contribution in [2.75, 3.05) is 24.7 Å². The minimum Gasteiger partial charge on any atom is -0.496 e. The number of para-hydroxylation sites is 1. The molecule has 0 bridgehead atoms. The van der Waals surface area contributed by atoms with E-state index in [0.29, 0.717) is 19.4 Å². The van der Waals surface area contributed by atoms with Crippen LogP contribution in [0.1, 0.15) is 68.1 Å². The molecule has 1 fully saturated rings. The van der Waals surface area contributed by atoms with E-state index in [1.54, 1.807) is 18.9 Å². The summed E-state index contributed by atoms with van der Waals surface area (Å²) >= 11 is 1.70. The summed E-state index contributed by atoms with van der Waals surface area (Å²) in [7, 11) is 1.68. The van der Waals surface area contributed by atoms with Gasteiger partial charge in [0.1, 0.15) is 5.75 Å². The molecule has 42 heavy (non-hydrogen) atoms. The summed E-state index contributed by atoms with van der Waals surface area (Å²) in [5, 5.41) is 15.2. The number of methoxy groups -OCH3 is 1. The van der Waals surface area contributed by atoms with Gasteiger partial charge in [0.2, 0.25) is 11.8 Å². The van der Waals surface area contributed by atoms with E-state index in [1.165, 1.54) is 6.92 Å². The van der Waals surface area contributed by atoms with Crippen LogP contribution in [0.5, 0.6) is 5.75 Å². The molecule has 0 unspecified atom stereocenters. The molecule has 3 aromatic carbocycles. The molecule has 8 nitrogen and oxygen atoms in total. The number of thioether (sulfide) groups is 1. The summed E-state index contributed by atoms with van der Waals surface area (Å²) in [5.74, 6) is 1.50. The number of rotatable bonds is 14. The highest BCUT2D eigenvalue weighted by atomic mass is 32.2. The fraction of sp³-hybridized carbons (Fsp3) is 0.394. The van der Waals surface area contributed by atoms with Crippen LogP contribution in [0.4, 0.5) is 5.69 Å². The van der Waals surface area contributed by atoms with Crippen LogP contribution < -0.4 is 15.4 Å². The molecule has 1 saturated heterocycles. The largest absolute Gasteiger partial charge is 0.496 e. The lowest BCUT2D eigenvalue weighted by Gasteiger charge is -2.36. The number of benzene rings is 3. The highest BCUT2D eigenvalue weighted by Crippen LogP contribution is 2.40. The standard InChI is InChI=1S/C33H40N2O6S/c1-23(37)34-19-7-3-4-10-32(38)35-27-17-15-26(16-18-27)33-40-28(22-42-31-9-6-5-8-29(31)39-2)20-30(41-33)25-13-11-24(21-36)12-14-25/h5-6,8-9,11-18,28,30,33,36H,3-4,7,10,19-22H2,1-2H3,(H,34,37)(H,35,38)/t28-,30+,33+/m0/s1. The second-order valence-corrected chi connectivity index (χ2v) is 11.3. The number of aliphatic hydroxyl groups excluding tert-OH is 1. The van der Waals surface area contributed by atoms with Crippen LogP contribution >= 0.6 is 11.8 Å². The summed E-state index contributed by atoms with van der Waals surface area (Å²) in [4.78, 5) is 24.4. The van der Waals surface area contributed by atoms with Crippen LogP contribution in [0.2, 0.25) is 0 Å². The van der Waals surface area contributed by atoms with E-state index in [9.17, 15) is 14.7 Å². The maximum atomic E-state index is 12.4. The zero-order valence-corrected chi connectivity index (χ0v) is 25.0. The van der Waals surface area contributed by atoms with Crippen molar-refractivity contribution in [3.8, 4) is 5.75 Å². The topological polar surface area (TPSA) is 106 Å². The van der Waals surface area contributed by atoms with E-state index in [1.807, 2.05) is 72.8 Å². The number of unbranched alkanes of at least 4 members (excludes halogenated alkanes) is 2. The molecule has 3 N–H and O–H groups in total. The van der Waals surface area contributed by atoms with Crippen LogP contribution in [0.25, 0.3) is 0 Å². The second-order valence-electron chi connectivity index (χ2n) is 10.3. The molecule has 2 amide bonds. The Balaban J connectivity index is 1.38. The molecule has 1 aliphatic rings. The average Bonchev–Trinajstić information content (AvgIpc) is 3.02. The summed E-state index contributed by atoms with van der Waals surface area (Å²) in [6, 6.07) is 23.4. The molecule has 3 aromatic rings. The van der Waals surface area contributed by atoms with E-state index in [-0.39, 0.29) is 30.6 Å². The second kappa shape index (κ2) is 16.3. The third kappa shape index (κ3) is 9.59. The van der Waals surface area contributed by atoms with Gasteiger partial charge in [-0.3, -0.25) is 9.59 Å². The molecule has 1 aliphatic heterocycles. The lowest BCUT2D eigenvalue weighted by atomic mass is 10.0. The molecule has 224 valence electrons. The first-order valence-electron chi connectivity index (χ1n) is 14.4. The Hall–Kier alpha value is -3.37. The first-order chi connectivity index (χ1) is 20.4. The van der Waals surface area contributed by atoms with Crippen molar-refractivity contribution in [3.63, 3.8) is 0 Å². The quantitative estimate of drug-likeness (QED) is 0.152. The van der Waals surface area contributed by atoms with Crippen molar-refractivity contribution in [3.05, 3.63) is 89.5 Å². The maximum absolute atomic E-state index is 12.4. The van der Waals surface area contributed by atoms with Gasteiger partial charge < -0.3 is 30.0 Å². The molecule has 0 aliphatic carbocycles. The number of carbonyl (C=O) groups excluding carboxylic acids is 2. The number of anilines is 1. The van der Waals surface area contributed by atoms with Gasteiger partial charge in [0, 0.05) is 48.2 Å². The first-order valence-corrected chi connectivity index (χ1v) is 15.3. The monoisotopic (exact) mass is 592 g/mol. The van der Waals surface area contributed by atoms with Gasteiger partial charge in [-0.25, -0.2) is 0 Å². The lowest BCUT2D eigenvalue weighted by Crippen LogP contribution is -2.31. The van der Waals surface area contributed by atoms with E-state index in [4.69, 9.17) is 14.2 Å². The van der Waals surface area contributed by atoms with Crippen LogP contribution in [0.15, 0.2) is 77.7 Å². The Labute approximate surface area is 252 Å². The Kier molecular flexibility index (Phi) is 12.3. The van der Waals surface area contributed by atoms with Gasteiger partial charge in [-0.15, -0.1) is 11.8 Å². The highest BCUT2D eigenvalue weighted by molar-refractivity contribution is 7.99. The van der Waals surface area contributed by atoms with E-state index in [2.05, 4.69) is 10.6 Å². The fourth-order valence-electron chi connectivity index (χ4n) is 4.74. The van der Waals surface area contributed by atoms with E-state index < -0.39 is 6.29 Å². The Bertz CT molecular complexity index is 1280. The number of hydrogen-bond donors (Lipinski definition) is 3. The van der Waals surface area contributed by atoms with Crippen LogP contribution in [0.3, 0.4) is 0 Å². The van der Waals surface area contributed by atoms with Crippen LogP contribution in [-0.4, -0.2) is 42.4 Å². The predicted octanol–water partition coefficient (Wildman–Crippen LogP) is 6.16. The SMILES string of the molecule is COc1ccccc1SC[C@@H]1C[C@H](c2ccc(CO)cc2)O[C@H](c2ccc(NC(=O)CCCCCNC(C)=O)cc2)O1. The van der Waals surface area contributed by atoms with Gasteiger partial charge in [-0.1, -0.05) is 55.0 Å². The average molecular weight is 593 g/mol. The van der Waals surface area contributed by atoms with E-state index in [0.717, 1.165) is 58.0 Å². The van der Waals surface area contributed by atoms with Crippen molar-refractivity contribution in [1.82, 2.24) is 5.32 Å². The Morgan fingerprint density at radius 1 is 0.952 bits per heavy atom. The number of carbonyl (C=O) groups is 2. The number of hydrogen-bond acceptors (Lipinski definition) is 7. The fourth-order valence-corrected chi connectivity index (χ4v) is 5.79. The summed E-state index contributed by atoms with van der Waals surface area (Å²) in [6.45, 7) is 2.14. The van der Waals surface area contributed by atoms with Gasteiger partial charge in [0.05, 0.1) is 25.9 Å². The number of nitrogens with one attached hydrogen (secondary N) is 2. The molecule has 0 radical (unpaired) electrons. The third-order valence-corrected chi connectivity index (χ3v) is 8.22. The normalized spacial score (nSPS) is 18.3. The zero-order chi connectivity index (χ0) is 29.7. The molecular weight excluding hydrogens is 552 g/mol. The van der Waals surface area contributed by atoms with Crippen molar-refractivity contribution in [1.29, 1.82) is 0 Å². The first kappa shape index (κ1) is 31.6. The van der Waals surface area contributed by atoms with Crippen molar-refractivity contribution >= 4 is 29.3 Å². The van der Waals surface area contributed by atoms with Crippen molar-refractivity contribution in [2.24, 2.45) is 0 Å². The molecule has 0 spiro atoms. The number of ether oxygens (including phenoxy) is 3. The summed E-state index contributed by atoms with van der Waals surface area (Å²) in [5.41, 5.74) is 3.48. The van der Waals surface area contributed by atoms with Crippen LogP contribution in [-0.2, 0) is 25.7 Å². The molecule has 9 heteroatoms. The summed E-state index contributed by atoms with van der Waals surface area (Å²) in [6.07, 6.45) is 2.79. The van der Waals surface area contributed by atoms with Gasteiger partial charge >= 0.3 is 0 Å².